The van der Waals surface area contributed by atoms with Gasteiger partial charge in [0.15, 0.2) is 6.61 Å². The van der Waals surface area contributed by atoms with Gasteiger partial charge in [-0.25, -0.2) is 0 Å². The van der Waals surface area contributed by atoms with Crippen molar-refractivity contribution in [2.75, 3.05) is 13.7 Å². The van der Waals surface area contributed by atoms with Crippen molar-refractivity contribution in [3.8, 4) is 11.8 Å². The Kier molecular flexibility index (Phi) is 4.62. The first-order valence-corrected chi connectivity index (χ1v) is 7.04. The second-order valence-electron chi connectivity index (χ2n) is 5.26. The fraction of sp³-hybridized carbons (Fsp3) is 0.500. The Labute approximate surface area is 120 Å². The van der Waals surface area contributed by atoms with Gasteiger partial charge in [0.2, 0.25) is 0 Å². The second kappa shape index (κ2) is 6.42. The lowest BCUT2D eigenvalue weighted by atomic mass is 9.81. The summed E-state index contributed by atoms with van der Waals surface area (Å²) in [6, 6.07) is 11.6. The van der Waals surface area contributed by atoms with E-state index >= 15 is 0 Å². The molecule has 0 bridgehead atoms. The smallest absolute Gasteiger partial charge is 0.261 e. The molecule has 0 radical (unpaired) electrons. The van der Waals surface area contributed by atoms with Crippen molar-refractivity contribution in [3.05, 3.63) is 30.3 Å². The average molecular weight is 272 g/mol. The highest BCUT2D eigenvalue weighted by Gasteiger charge is 2.38. The number of hydrogen-bond acceptors (Lipinski definition) is 3. The predicted molar refractivity (Wildman–Crippen MR) is 76.1 cm³/mol. The van der Waals surface area contributed by atoms with E-state index in [2.05, 4.69) is 6.07 Å². The second-order valence-corrected chi connectivity index (χ2v) is 5.26. The molecule has 0 N–H and O–H groups in total. The van der Waals surface area contributed by atoms with Crippen LogP contribution < -0.4 is 4.74 Å². The highest BCUT2D eigenvalue weighted by Crippen LogP contribution is 2.32. The van der Waals surface area contributed by atoms with Crippen LogP contribution >= 0.6 is 0 Å². The van der Waals surface area contributed by atoms with E-state index < -0.39 is 5.54 Å². The molecule has 4 heteroatoms. The quantitative estimate of drug-likeness (QED) is 0.847. The third-order valence-corrected chi connectivity index (χ3v) is 4.01. The molecule has 106 valence electrons. The fourth-order valence-corrected chi connectivity index (χ4v) is 2.66. The van der Waals surface area contributed by atoms with E-state index in [1.54, 1.807) is 11.9 Å². The highest BCUT2D eigenvalue weighted by atomic mass is 16.5. The number of likely N-dealkylation sites (N-methyl/N-ethyl adjacent to an activating group) is 1. The average Bonchev–Trinajstić information content (AvgIpc) is 2.53. The summed E-state index contributed by atoms with van der Waals surface area (Å²) in [5, 5.41) is 9.46. The molecule has 1 aliphatic rings. The number of amides is 1. The first kappa shape index (κ1) is 14.4. The van der Waals surface area contributed by atoms with E-state index in [4.69, 9.17) is 4.74 Å². The predicted octanol–water partition coefficient (Wildman–Crippen LogP) is 2.75. The van der Waals surface area contributed by atoms with Crippen LogP contribution in [0.2, 0.25) is 0 Å². The molecule has 1 aromatic carbocycles. The molecule has 1 amide bonds. The molecule has 1 aliphatic carbocycles. The molecular formula is C16H20N2O2. The lowest BCUT2D eigenvalue weighted by Crippen LogP contribution is -2.51. The van der Waals surface area contributed by atoms with E-state index in [0.29, 0.717) is 5.75 Å². The summed E-state index contributed by atoms with van der Waals surface area (Å²) < 4.78 is 5.47. The van der Waals surface area contributed by atoms with Gasteiger partial charge >= 0.3 is 0 Å². The number of carbonyl (C=O) groups is 1. The van der Waals surface area contributed by atoms with Gasteiger partial charge in [-0.05, 0) is 25.0 Å². The van der Waals surface area contributed by atoms with Crippen LogP contribution in [0.1, 0.15) is 32.1 Å². The summed E-state index contributed by atoms with van der Waals surface area (Å²) in [4.78, 5) is 13.8. The molecule has 2 rings (SSSR count). The Morgan fingerprint density at radius 1 is 1.30 bits per heavy atom. The van der Waals surface area contributed by atoms with Gasteiger partial charge in [-0.2, -0.15) is 5.26 Å². The number of ether oxygens (including phenoxy) is 1. The molecule has 4 nitrogen and oxygen atoms in total. The topological polar surface area (TPSA) is 53.3 Å². The van der Waals surface area contributed by atoms with Gasteiger partial charge < -0.3 is 9.64 Å². The molecule has 1 aromatic rings. The summed E-state index contributed by atoms with van der Waals surface area (Å²) in [5.41, 5.74) is -0.643. The normalized spacial score (nSPS) is 17.0. The number of hydrogen-bond donors (Lipinski definition) is 0. The maximum atomic E-state index is 12.2. The lowest BCUT2D eigenvalue weighted by molar-refractivity contribution is -0.137. The van der Waals surface area contributed by atoms with Crippen molar-refractivity contribution in [1.82, 2.24) is 4.90 Å². The summed E-state index contributed by atoms with van der Waals surface area (Å²) in [6.07, 6.45) is 4.68. The summed E-state index contributed by atoms with van der Waals surface area (Å²) in [6.45, 7) is -0.0239. The van der Waals surface area contributed by atoms with Gasteiger partial charge in [0.1, 0.15) is 11.3 Å². The zero-order valence-electron chi connectivity index (χ0n) is 11.8. The number of nitriles is 1. The Morgan fingerprint density at radius 2 is 1.95 bits per heavy atom. The third-order valence-electron chi connectivity index (χ3n) is 4.01. The molecule has 0 heterocycles. The summed E-state index contributed by atoms with van der Waals surface area (Å²) >= 11 is 0. The first-order valence-electron chi connectivity index (χ1n) is 7.04. The van der Waals surface area contributed by atoms with Crippen LogP contribution in [0.15, 0.2) is 30.3 Å². The molecule has 0 aromatic heterocycles. The largest absolute Gasteiger partial charge is 0.484 e. The van der Waals surface area contributed by atoms with Gasteiger partial charge in [0.05, 0.1) is 6.07 Å². The van der Waals surface area contributed by atoms with Crippen molar-refractivity contribution in [2.24, 2.45) is 0 Å². The van der Waals surface area contributed by atoms with Crippen molar-refractivity contribution in [3.63, 3.8) is 0 Å². The van der Waals surface area contributed by atoms with Crippen molar-refractivity contribution in [2.45, 2.75) is 37.6 Å². The minimum absolute atomic E-state index is 0.0239. The van der Waals surface area contributed by atoms with E-state index in [-0.39, 0.29) is 12.5 Å². The third kappa shape index (κ3) is 3.11. The summed E-state index contributed by atoms with van der Waals surface area (Å²) in [7, 11) is 1.71. The van der Waals surface area contributed by atoms with Crippen LogP contribution in [0.4, 0.5) is 0 Å². The van der Waals surface area contributed by atoms with Gasteiger partial charge in [-0.3, -0.25) is 4.79 Å². The maximum Gasteiger partial charge on any atom is 0.261 e. The zero-order valence-corrected chi connectivity index (χ0v) is 11.8. The van der Waals surface area contributed by atoms with Crippen LogP contribution in [-0.2, 0) is 4.79 Å². The molecule has 1 fully saturated rings. The van der Waals surface area contributed by atoms with Crippen molar-refractivity contribution >= 4 is 5.91 Å². The molecular weight excluding hydrogens is 252 g/mol. The van der Waals surface area contributed by atoms with E-state index in [0.717, 1.165) is 32.1 Å². The van der Waals surface area contributed by atoms with Crippen molar-refractivity contribution in [1.29, 1.82) is 5.26 Å². The Morgan fingerprint density at radius 3 is 2.55 bits per heavy atom. The van der Waals surface area contributed by atoms with Crippen LogP contribution in [0.5, 0.6) is 5.75 Å². The lowest BCUT2D eigenvalue weighted by Gasteiger charge is -2.38. The van der Waals surface area contributed by atoms with Gasteiger partial charge in [-0.1, -0.05) is 37.5 Å². The minimum atomic E-state index is -0.643. The van der Waals surface area contributed by atoms with Crippen LogP contribution in [0.25, 0.3) is 0 Å². The van der Waals surface area contributed by atoms with Gasteiger partial charge in [-0.15, -0.1) is 0 Å². The first-order chi connectivity index (χ1) is 9.68. The van der Waals surface area contributed by atoms with Crippen molar-refractivity contribution < 1.29 is 9.53 Å². The number of carbonyl (C=O) groups excluding carboxylic acids is 1. The SMILES string of the molecule is CN(C(=O)COc1ccccc1)C1(C#N)CCCCC1. The number of nitrogens with zero attached hydrogens (tertiary/aromatic N) is 2. The van der Waals surface area contributed by atoms with Gasteiger partial charge in [0, 0.05) is 7.05 Å². The number of para-hydroxylation sites is 1. The molecule has 0 atom stereocenters. The fourth-order valence-electron chi connectivity index (χ4n) is 2.66. The molecule has 0 unspecified atom stereocenters. The molecule has 1 saturated carbocycles. The zero-order chi connectivity index (χ0) is 14.4. The minimum Gasteiger partial charge on any atom is -0.484 e. The van der Waals surface area contributed by atoms with E-state index in [1.807, 2.05) is 30.3 Å². The maximum absolute atomic E-state index is 12.2. The molecule has 0 saturated heterocycles. The number of benzene rings is 1. The van der Waals surface area contributed by atoms with E-state index in [9.17, 15) is 10.1 Å². The molecule has 0 aliphatic heterocycles. The molecule has 0 spiro atoms. The van der Waals surface area contributed by atoms with Crippen LogP contribution in [-0.4, -0.2) is 30.0 Å². The Hall–Kier alpha value is -2.02. The Balaban J connectivity index is 1.96. The highest BCUT2D eigenvalue weighted by molar-refractivity contribution is 5.78. The van der Waals surface area contributed by atoms with E-state index in [1.165, 1.54) is 0 Å². The number of rotatable bonds is 4. The standard InChI is InChI=1S/C16H20N2O2/c1-18(16(13-17)10-6-3-7-11-16)15(19)12-20-14-8-4-2-5-9-14/h2,4-5,8-9H,3,6-7,10-12H2,1H3. The van der Waals surface area contributed by atoms with Crippen LogP contribution in [0, 0.1) is 11.3 Å². The Bertz CT molecular complexity index is 487. The summed E-state index contributed by atoms with van der Waals surface area (Å²) in [5.74, 6) is 0.529. The van der Waals surface area contributed by atoms with Gasteiger partial charge in [0.25, 0.3) is 5.91 Å². The monoisotopic (exact) mass is 272 g/mol. The molecule has 20 heavy (non-hydrogen) atoms. The van der Waals surface area contributed by atoms with Crippen LogP contribution in [0.3, 0.4) is 0 Å².